The number of nitrogens with zero attached hydrogens (tertiary/aromatic N) is 5. The molecular formula is C27H41N5O. The van der Waals surface area contributed by atoms with Crippen LogP contribution in [0.15, 0.2) is 6.07 Å². The first-order chi connectivity index (χ1) is 15.8. The molecule has 0 aromatic carbocycles. The first-order valence-electron chi connectivity index (χ1n) is 13.2. The molecule has 180 valence electrons. The highest BCUT2D eigenvalue weighted by molar-refractivity contribution is 6.06. The van der Waals surface area contributed by atoms with Gasteiger partial charge in [-0.1, -0.05) is 12.8 Å². The summed E-state index contributed by atoms with van der Waals surface area (Å²) in [7, 11) is 0. The maximum Gasteiger partial charge on any atom is 0.254 e. The molecule has 2 saturated heterocycles. The van der Waals surface area contributed by atoms with E-state index in [2.05, 4.69) is 36.6 Å². The molecule has 0 radical (unpaired) electrons. The molecule has 2 aliphatic heterocycles. The fourth-order valence-corrected chi connectivity index (χ4v) is 5.71. The van der Waals surface area contributed by atoms with Crippen molar-refractivity contribution in [3.63, 3.8) is 0 Å². The quantitative estimate of drug-likeness (QED) is 0.649. The zero-order chi connectivity index (χ0) is 23.2. The second kappa shape index (κ2) is 9.01. The van der Waals surface area contributed by atoms with E-state index in [4.69, 9.17) is 10.1 Å². The molecule has 33 heavy (non-hydrogen) atoms. The van der Waals surface area contributed by atoms with Gasteiger partial charge in [0, 0.05) is 31.2 Å². The number of carbonyl (C=O) groups is 1. The minimum absolute atomic E-state index is 0.173. The average molecular weight is 452 g/mol. The van der Waals surface area contributed by atoms with Crippen LogP contribution in [0.2, 0.25) is 0 Å². The Morgan fingerprint density at radius 2 is 1.67 bits per heavy atom. The maximum atomic E-state index is 13.8. The summed E-state index contributed by atoms with van der Waals surface area (Å²) in [6, 6.07) is 2.09. The van der Waals surface area contributed by atoms with Gasteiger partial charge in [-0.05, 0) is 91.3 Å². The van der Waals surface area contributed by atoms with Gasteiger partial charge in [0.2, 0.25) is 0 Å². The van der Waals surface area contributed by atoms with Crippen molar-refractivity contribution in [2.24, 2.45) is 5.92 Å². The number of amides is 1. The van der Waals surface area contributed by atoms with Crippen molar-refractivity contribution in [3.05, 3.63) is 23.0 Å². The number of aromatic nitrogens is 3. The fourth-order valence-electron chi connectivity index (χ4n) is 5.71. The minimum atomic E-state index is -0.173. The van der Waals surface area contributed by atoms with Crippen LogP contribution in [-0.4, -0.2) is 63.2 Å². The molecule has 1 aliphatic carbocycles. The number of hydrogen-bond donors (Lipinski definition) is 0. The third kappa shape index (κ3) is 4.82. The molecule has 0 bridgehead atoms. The Kier molecular flexibility index (Phi) is 6.23. The van der Waals surface area contributed by atoms with E-state index in [0.717, 1.165) is 59.8 Å². The zero-order valence-electron chi connectivity index (χ0n) is 21.1. The van der Waals surface area contributed by atoms with E-state index in [1.807, 2.05) is 11.6 Å². The summed E-state index contributed by atoms with van der Waals surface area (Å²) in [5.41, 5.74) is 3.51. The van der Waals surface area contributed by atoms with Crippen molar-refractivity contribution in [1.29, 1.82) is 0 Å². The van der Waals surface area contributed by atoms with Gasteiger partial charge in [0.25, 0.3) is 5.91 Å². The average Bonchev–Trinajstić information content (AvgIpc) is 3.60. The topological polar surface area (TPSA) is 54.3 Å². The summed E-state index contributed by atoms with van der Waals surface area (Å²) in [4.78, 5) is 23.6. The number of pyridine rings is 1. The van der Waals surface area contributed by atoms with Gasteiger partial charge in [0.15, 0.2) is 5.65 Å². The van der Waals surface area contributed by atoms with Crippen LogP contribution in [-0.2, 0) is 5.54 Å². The molecule has 1 saturated carbocycles. The minimum Gasteiger partial charge on any atom is -0.339 e. The van der Waals surface area contributed by atoms with E-state index in [9.17, 15) is 4.79 Å². The summed E-state index contributed by atoms with van der Waals surface area (Å²) in [5, 5.41) is 5.78. The van der Waals surface area contributed by atoms with Crippen LogP contribution in [0.5, 0.6) is 0 Å². The van der Waals surface area contributed by atoms with E-state index in [0.29, 0.717) is 5.92 Å². The Morgan fingerprint density at radius 3 is 2.27 bits per heavy atom. The lowest BCUT2D eigenvalue weighted by Gasteiger charge is -2.35. The van der Waals surface area contributed by atoms with Crippen molar-refractivity contribution < 1.29 is 4.79 Å². The van der Waals surface area contributed by atoms with Gasteiger partial charge < -0.3 is 9.80 Å². The number of rotatable bonds is 4. The standard InChI is InChI=1S/C27H41N5O/c1-19-24-22(17-23(21-9-10-21)28-25(24)32(29-19)27(2,3)4)26(33)31-15-11-20(12-16-31)18-30-13-7-5-6-8-14-30/h17,20-21H,5-16,18H2,1-4H3. The van der Waals surface area contributed by atoms with Crippen molar-refractivity contribution in [2.75, 3.05) is 32.7 Å². The second-order valence-corrected chi connectivity index (χ2v) is 11.7. The predicted octanol–water partition coefficient (Wildman–Crippen LogP) is 5.10. The highest BCUT2D eigenvalue weighted by Gasteiger charge is 2.32. The van der Waals surface area contributed by atoms with E-state index in [1.165, 1.54) is 58.2 Å². The smallest absolute Gasteiger partial charge is 0.254 e. The zero-order valence-corrected chi connectivity index (χ0v) is 21.1. The molecule has 1 amide bonds. The number of carbonyl (C=O) groups excluding carboxylic acids is 1. The Labute approximate surface area is 198 Å². The molecular weight excluding hydrogens is 410 g/mol. The highest BCUT2D eigenvalue weighted by Crippen LogP contribution is 2.41. The molecule has 0 unspecified atom stereocenters. The molecule has 6 heteroatoms. The lowest BCUT2D eigenvalue weighted by molar-refractivity contribution is 0.0669. The van der Waals surface area contributed by atoms with Gasteiger partial charge in [-0.2, -0.15) is 5.10 Å². The first-order valence-corrected chi connectivity index (χ1v) is 13.2. The van der Waals surface area contributed by atoms with E-state index >= 15 is 0 Å². The molecule has 2 aromatic rings. The van der Waals surface area contributed by atoms with Gasteiger partial charge >= 0.3 is 0 Å². The third-order valence-electron chi connectivity index (χ3n) is 7.81. The van der Waals surface area contributed by atoms with Crippen LogP contribution < -0.4 is 0 Å². The van der Waals surface area contributed by atoms with Crippen molar-refractivity contribution in [3.8, 4) is 0 Å². The lowest BCUT2D eigenvalue weighted by Crippen LogP contribution is -2.42. The Morgan fingerprint density at radius 1 is 1.00 bits per heavy atom. The first kappa shape index (κ1) is 22.8. The molecule has 0 N–H and O–H groups in total. The monoisotopic (exact) mass is 451 g/mol. The normalized spacial score (nSPS) is 21.5. The summed E-state index contributed by atoms with van der Waals surface area (Å²) in [5.74, 6) is 1.40. The van der Waals surface area contributed by atoms with E-state index < -0.39 is 0 Å². The highest BCUT2D eigenvalue weighted by atomic mass is 16.2. The molecule has 4 heterocycles. The second-order valence-electron chi connectivity index (χ2n) is 11.7. The summed E-state index contributed by atoms with van der Waals surface area (Å²) in [6.07, 6.45) is 10.1. The molecule has 0 atom stereocenters. The molecule has 0 spiro atoms. The maximum absolute atomic E-state index is 13.8. The lowest BCUT2D eigenvalue weighted by atomic mass is 9.95. The summed E-state index contributed by atoms with van der Waals surface area (Å²) in [6.45, 7) is 13.9. The van der Waals surface area contributed by atoms with Gasteiger partial charge in [-0.3, -0.25) is 4.79 Å². The van der Waals surface area contributed by atoms with Crippen LogP contribution >= 0.6 is 0 Å². The van der Waals surface area contributed by atoms with Crippen LogP contribution in [0.1, 0.15) is 99.8 Å². The number of hydrogen-bond acceptors (Lipinski definition) is 4. The van der Waals surface area contributed by atoms with Crippen LogP contribution in [0.3, 0.4) is 0 Å². The summed E-state index contributed by atoms with van der Waals surface area (Å²) >= 11 is 0. The van der Waals surface area contributed by atoms with Crippen molar-refractivity contribution >= 4 is 16.9 Å². The predicted molar refractivity (Wildman–Crippen MR) is 133 cm³/mol. The number of fused-ring (bicyclic) bond motifs is 1. The Balaban J connectivity index is 1.36. The van der Waals surface area contributed by atoms with Crippen molar-refractivity contribution in [1.82, 2.24) is 24.6 Å². The van der Waals surface area contributed by atoms with Gasteiger partial charge in [0.05, 0.1) is 22.2 Å². The number of aryl methyl sites for hydroxylation is 1. The number of likely N-dealkylation sites (tertiary alicyclic amines) is 2. The van der Waals surface area contributed by atoms with Gasteiger partial charge in [-0.25, -0.2) is 9.67 Å². The fraction of sp³-hybridized carbons (Fsp3) is 0.741. The molecule has 2 aromatic heterocycles. The molecule has 5 rings (SSSR count). The SMILES string of the molecule is Cc1nn(C(C)(C)C)c2nc(C3CC3)cc(C(=O)N3CCC(CN4CCCCCC4)CC3)c12. The Hall–Kier alpha value is -1.95. The van der Waals surface area contributed by atoms with Crippen LogP contribution in [0, 0.1) is 12.8 Å². The molecule has 3 fully saturated rings. The van der Waals surface area contributed by atoms with E-state index in [-0.39, 0.29) is 11.4 Å². The molecule has 6 nitrogen and oxygen atoms in total. The third-order valence-corrected chi connectivity index (χ3v) is 7.81. The number of piperidine rings is 1. The van der Waals surface area contributed by atoms with Crippen LogP contribution in [0.4, 0.5) is 0 Å². The Bertz CT molecular complexity index is 1000. The summed E-state index contributed by atoms with van der Waals surface area (Å²) < 4.78 is 2.02. The van der Waals surface area contributed by atoms with Gasteiger partial charge in [-0.15, -0.1) is 0 Å². The van der Waals surface area contributed by atoms with Gasteiger partial charge in [0.1, 0.15) is 0 Å². The molecule has 3 aliphatic rings. The van der Waals surface area contributed by atoms with E-state index in [1.54, 1.807) is 0 Å². The largest absolute Gasteiger partial charge is 0.339 e. The van der Waals surface area contributed by atoms with Crippen molar-refractivity contribution in [2.45, 2.75) is 90.5 Å². The van der Waals surface area contributed by atoms with Crippen LogP contribution in [0.25, 0.3) is 11.0 Å².